The molecule has 4 aromatic rings. The third kappa shape index (κ3) is 9.85. The summed E-state index contributed by atoms with van der Waals surface area (Å²) in [4.78, 5) is 72.2. The predicted octanol–water partition coefficient (Wildman–Crippen LogP) is -4.68. The molecule has 57 heavy (non-hydrogen) atoms. The van der Waals surface area contributed by atoms with Gasteiger partial charge in [0.2, 0.25) is 0 Å². The fraction of sp³-hybridized carbons (Fsp3) is 0.500. The lowest BCUT2D eigenvalue weighted by Crippen LogP contribution is -2.34. The van der Waals surface area contributed by atoms with E-state index in [1.54, 1.807) is 0 Å². The number of hydrogen-bond donors (Lipinski definition) is 6. The first-order valence-electron chi connectivity index (χ1n) is 15.0. The number of hydrogen-bond acceptors (Lipinski definition) is 29. The van der Waals surface area contributed by atoms with Crippen LogP contribution in [0.5, 0.6) is 0 Å². The number of aliphatic hydroxyl groups excluding tert-OH is 4. The highest BCUT2D eigenvalue weighted by atomic mass is 31.3. The van der Waals surface area contributed by atoms with Gasteiger partial charge in [-0.3, -0.25) is 36.0 Å². The molecule has 2 fully saturated rings. The monoisotopic (exact) mass is 906 g/mol. The fourth-order valence-corrected chi connectivity index (χ4v) is 11.6. The molecule has 4 aromatic heterocycles. The van der Waals surface area contributed by atoms with Crippen LogP contribution >= 0.6 is 38.8 Å². The largest absolute Gasteiger partial charge is 0.756 e. The van der Waals surface area contributed by atoms with E-state index in [-0.39, 0.29) is 34.0 Å². The molecular formula is C20H24BN10O21P5-5. The van der Waals surface area contributed by atoms with Crippen LogP contribution in [0.4, 0.5) is 11.6 Å². The van der Waals surface area contributed by atoms with Gasteiger partial charge >= 0.3 is 0 Å². The molecule has 313 valence electrons. The maximum atomic E-state index is 12.4. The minimum atomic E-state index is -6.57. The van der Waals surface area contributed by atoms with Gasteiger partial charge in [-0.05, 0) is 0 Å². The van der Waals surface area contributed by atoms with Crippen molar-refractivity contribution in [1.29, 1.82) is 0 Å². The molecule has 0 bridgehead atoms. The second kappa shape index (κ2) is 16.0. The Labute approximate surface area is 316 Å². The lowest BCUT2D eigenvalue weighted by molar-refractivity contribution is -0.241. The molecule has 4 unspecified atom stereocenters. The van der Waals surface area contributed by atoms with Crippen LogP contribution in [0.3, 0.4) is 0 Å². The molecule has 2 aliphatic heterocycles. The first-order chi connectivity index (χ1) is 26.4. The molecule has 0 amide bonds. The number of nitrogens with two attached hydrogens (primary N) is 2. The van der Waals surface area contributed by atoms with Crippen LogP contribution in [0.2, 0.25) is 0 Å². The highest BCUT2D eigenvalue weighted by molar-refractivity contribution is 7.87. The normalized spacial score (nSPS) is 30.8. The summed E-state index contributed by atoms with van der Waals surface area (Å²) in [5.41, 5.74) is 11.6. The van der Waals surface area contributed by atoms with Crippen molar-refractivity contribution in [1.82, 2.24) is 39.0 Å². The molecule has 31 nitrogen and oxygen atoms in total. The van der Waals surface area contributed by atoms with Crippen molar-refractivity contribution in [3.05, 3.63) is 25.3 Å². The minimum Gasteiger partial charge on any atom is -0.756 e. The van der Waals surface area contributed by atoms with E-state index in [4.69, 9.17) is 28.5 Å². The molecule has 2 aliphatic rings. The molecule has 0 spiro atoms. The zero-order valence-corrected chi connectivity index (χ0v) is 32.1. The van der Waals surface area contributed by atoms with Crippen LogP contribution < -0.4 is 31.0 Å². The molecule has 8 N–H and O–H groups in total. The Kier molecular flexibility index (Phi) is 12.3. The molecule has 0 saturated carbocycles. The van der Waals surface area contributed by atoms with Crippen LogP contribution in [0.15, 0.2) is 25.3 Å². The maximum absolute atomic E-state index is 12.4. The van der Waals surface area contributed by atoms with Crippen molar-refractivity contribution in [3.8, 4) is 0 Å². The third-order valence-corrected chi connectivity index (χ3v) is 15.2. The van der Waals surface area contributed by atoms with E-state index in [2.05, 4.69) is 56.2 Å². The smallest absolute Gasteiger partial charge is 0.279 e. The van der Waals surface area contributed by atoms with Gasteiger partial charge in [-0.15, -0.1) is 0 Å². The number of phosphoric acid groups is 4. The van der Waals surface area contributed by atoms with Crippen LogP contribution in [0, 0.1) is 0 Å². The number of anilines is 2. The van der Waals surface area contributed by atoms with Crippen molar-refractivity contribution < 1.29 is 98.6 Å². The van der Waals surface area contributed by atoms with Crippen LogP contribution in [0.1, 0.15) is 12.5 Å². The average Bonchev–Trinajstić information content (AvgIpc) is 3.83. The van der Waals surface area contributed by atoms with E-state index in [9.17, 15) is 62.8 Å². The second-order valence-corrected chi connectivity index (χ2v) is 19.3. The Morgan fingerprint density at radius 3 is 1.35 bits per heavy atom. The Morgan fingerprint density at radius 2 is 0.982 bits per heavy atom. The quantitative estimate of drug-likeness (QED) is 0.0454. The van der Waals surface area contributed by atoms with Crippen LogP contribution in [0.25, 0.3) is 22.3 Å². The summed E-state index contributed by atoms with van der Waals surface area (Å²) >= 11 is 0. The van der Waals surface area contributed by atoms with Crippen molar-refractivity contribution in [2.75, 3.05) is 24.7 Å². The molecule has 0 aromatic carbocycles. The van der Waals surface area contributed by atoms with E-state index in [0.717, 1.165) is 34.4 Å². The van der Waals surface area contributed by atoms with E-state index >= 15 is 0 Å². The van der Waals surface area contributed by atoms with Gasteiger partial charge < -0.3 is 82.1 Å². The summed E-state index contributed by atoms with van der Waals surface area (Å²) < 4.78 is 97.8. The summed E-state index contributed by atoms with van der Waals surface area (Å²) in [6.07, 6.45) is -9.37. The molecule has 37 heteroatoms. The standard InChI is InChI=1S/C20H28BN10O21P5/c21-53(36,49-56(41,42)51-54(37,38)45-1-7-11(32)13(34)19(47-7)30-5-28-9-15(22)24-3-26-17(9)30)50-57(43,44)52-55(39,40)46-2-8-12(33)14(35)20(48-8)31-6-29-10-16(23)25-4-27-18(10)31/h3-8,11-14,19-20,32-35H,1-2H2,(H,37,38)(H,39,40)(H,41,42)(H,43,44)(H2,22,24,26)(H2,23,25,27)/q-1/p-4/t7-,8-,11-,12-,13-,14-,19-,20-/m1/s1. The first-order valence-corrected chi connectivity index (χ1v) is 22.5. The molecule has 3 radical (unpaired) electrons. The predicted molar refractivity (Wildman–Crippen MR) is 171 cm³/mol. The van der Waals surface area contributed by atoms with Gasteiger partial charge in [0.15, 0.2) is 35.4 Å². The Morgan fingerprint density at radius 1 is 0.614 bits per heavy atom. The lowest BCUT2D eigenvalue weighted by Gasteiger charge is -2.39. The molecular weight excluding hydrogens is 882 g/mol. The molecule has 6 heterocycles. The van der Waals surface area contributed by atoms with Crippen molar-refractivity contribution in [3.63, 3.8) is 0 Å². The number of fused-ring (bicyclic) bond motifs is 2. The summed E-state index contributed by atoms with van der Waals surface area (Å²) in [5.74, 6) is -0.100. The highest BCUT2D eigenvalue weighted by Crippen LogP contribution is 2.70. The first kappa shape index (κ1) is 43.8. The molecule has 12 atom stereocenters. The number of imidazole rings is 2. The molecule has 0 aliphatic carbocycles. The SMILES string of the molecule is [B-]P(=O)(OP(=O)([O-])OP(=O)([O-])OC[C@H]1O[C@@H](n2cnc3c(N)ncnc32)[C@H](O)[C@@H]1O)OP(=O)([O-])OP(=O)([O-])OC[C@H]1O[C@@H](n2cnc3c(N)ncnc32)[C@H](O)[C@@H]1O. The lowest BCUT2D eigenvalue weighted by atomic mass is 10.1. The Balaban J connectivity index is 1.00. The fourth-order valence-electron chi connectivity index (χ4n) is 5.25. The molecule has 6 rings (SSSR count). The number of phosphoric ester groups is 2. The van der Waals surface area contributed by atoms with Gasteiger partial charge in [0.1, 0.15) is 60.3 Å². The van der Waals surface area contributed by atoms with Gasteiger partial charge in [0.05, 0.1) is 33.3 Å². The Hall–Kier alpha value is -2.73. The topological polar surface area (TPSA) is 472 Å². The minimum absolute atomic E-state index is 0.0337. The number of ether oxygens (including phenoxy) is 2. The van der Waals surface area contributed by atoms with Gasteiger partial charge in [-0.1, -0.05) is 0 Å². The van der Waals surface area contributed by atoms with E-state index in [1.165, 1.54) is 0 Å². The number of nitrogens with zero attached hydrogens (tertiary/aromatic N) is 8. The van der Waals surface area contributed by atoms with E-state index in [0.29, 0.717) is 0 Å². The van der Waals surface area contributed by atoms with Gasteiger partial charge in [0, 0.05) is 0 Å². The zero-order chi connectivity index (χ0) is 41.9. The number of aromatic nitrogens is 8. The summed E-state index contributed by atoms with van der Waals surface area (Å²) in [6, 6.07) is 0. The zero-order valence-electron chi connectivity index (χ0n) is 27.6. The van der Waals surface area contributed by atoms with Crippen LogP contribution in [-0.2, 0) is 58.6 Å². The number of aliphatic hydroxyl groups is 4. The summed E-state index contributed by atoms with van der Waals surface area (Å²) in [6.45, 7) is -2.49. The van der Waals surface area contributed by atoms with E-state index < -0.39 is 101 Å². The molecule has 2 saturated heterocycles. The van der Waals surface area contributed by atoms with E-state index in [1.807, 2.05) is 0 Å². The highest BCUT2D eigenvalue weighted by Gasteiger charge is 2.46. The number of rotatable bonds is 16. The van der Waals surface area contributed by atoms with Crippen LogP contribution in [-0.4, -0.2) is 117 Å². The van der Waals surface area contributed by atoms with Crippen molar-refractivity contribution >= 4 is 80.3 Å². The van der Waals surface area contributed by atoms with Crippen molar-refractivity contribution in [2.45, 2.75) is 49.1 Å². The third-order valence-electron chi connectivity index (χ3n) is 7.62. The van der Waals surface area contributed by atoms with Gasteiger partial charge in [0.25, 0.3) is 31.3 Å². The summed E-state index contributed by atoms with van der Waals surface area (Å²) in [5, 5.41) is 41.7. The summed E-state index contributed by atoms with van der Waals surface area (Å²) in [7, 11) is -26.7. The maximum Gasteiger partial charge on any atom is 0.279 e. The second-order valence-electron chi connectivity index (χ2n) is 11.5. The average molecular weight is 906 g/mol. The Bertz CT molecular complexity index is 2230. The van der Waals surface area contributed by atoms with Gasteiger partial charge in [-0.25, -0.2) is 38.5 Å². The van der Waals surface area contributed by atoms with Crippen molar-refractivity contribution in [2.24, 2.45) is 0 Å². The van der Waals surface area contributed by atoms with Gasteiger partial charge in [-0.2, -0.15) is 0 Å². The number of nitrogen functional groups attached to an aromatic ring is 2.